The fourth-order valence-electron chi connectivity index (χ4n) is 1.91. The van der Waals surface area contributed by atoms with Gasteiger partial charge in [-0.05, 0) is 0 Å². The summed E-state index contributed by atoms with van der Waals surface area (Å²) in [4.78, 5) is 15.3. The second-order valence-electron chi connectivity index (χ2n) is 4.13. The maximum atomic E-state index is 11.2. The number of fused-ring (bicyclic) bond motifs is 1. The number of ether oxygens (including phenoxy) is 1. The van der Waals surface area contributed by atoms with Crippen molar-refractivity contribution in [3.8, 4) is 0 Å². The van der Waals surface area contributed by atoms with Gasteiger partial charge in [-0.3, -0.25) is 0 Å². The molecule has 0 saturated carbocycles. The number of hydrogen-bond acceptors (Lipinski definition) is 5. The van der Waals surface area contributed by atoms with E-state index >= 15 is 0 Å². The van der Waals surface area contributed by atoms with Crippen LogP contribution in [0.15, 0.2) is 30.5 Å². The lowest BCUT2D eigenvalue weighted by Crippen LogP contribution is -2.12. The predicted octanol–water partition coefficient (Wildman–Crippen LogP) is 1.35. The number of aromatic nitrogens is 1. The highest BCUT2D eigenvalue weighted by Gasteiger charge is 2.11. The molecule has 6 nitrogen and oxygen atoms in total. The predicted molar refractivity (Wildman–Crippen MR) is 75.1 cm³/mol. The van der Waals surface area contributed by atoms with Crippen LogP contribution in [0.2, 0.25) is 0 Å². The van der Waals surface area contributed by atoms with E-state index in [1.165, 1.54) is 6.20 Å². The van der Waals surface area contributed by atoms with Gasteiger partial charge < -0.3 is 20.3 Å². The van der Waals surface area contributed by atoms with Crippen molar-refractivity contribution in [1.29, 1.82) is 0 Å². The molecule has 2 rings (SSSR count). The van der Waals surface area contributed by atoms with Gasteiger partial charge in [0.1, 0.15) is 5.82 Å². The van der Waals surface area contributed by atoms with E-state index in [2.05, 4.69) is 10.3 Å². The third-order valence-corrected chi connectivity index (χ3v) is 2.80. The van der Waals surface area contributed by atoms with E-state index in [-0.39, 0.29) is 12.2 Å². The van der Waals surface area contributed by atoms with Crippen LogP contribution in [0.1, 0.15) is 10.4 Å². The molecule has 0 unspecified atom stereocenters. The molecule has 0 aliphatic carbocycles. The lowest BCUT2D eigenvalue weighted by atomic mass is 10.1. The van der Waals surface area contributed by atoms with Crippen molar-refractivity contribution in [2.24, 2.45) is 0 Å². The topological polar surface area (TPSA) is 91.7 Å². The number of benzene rings is 1. The SMILES string of the molecule is O=C(O)c1cnc(NCCOCCO)c2ccccc12. The van der Waals surface area contributed by atoms with Gasteiger partial charge in [0.2, 0.25) is 0 Å². The summed E-state index contributed by atoms with van der Waals surface area (Å²) in [5, 5.41) is 22.2. The molecule has 1 aromatic carbocycles. The zero-order valence-electron chi connectivity index (χ0n) is 10.9. The molecule has 0 radical (unpaired) electrons. The maximum Gasteiger partial charge on any atom is 0.337 e. The van der Waals surface area contributed by atoms with Crippen LogP contribution >= 0.6 is 0 Å². The Kier molecular flexibility index (Phi) is 4.86. The normalized spacial score (nSPS) is 10.7. The summed E-state index contributed by atoms with van der Waals surface area (Å²) >= 11 is 0. The zero-order chi connectivity index (χ0) is 14.4. The number of carbonyl (C=O) groups is 1. The largest absolute Gasteiger partial charge is 0.478 e. The first-order valence-corrected chi connectivity index (χ1v) is 6.27. The van der Waals surface area contributed by atoms with Crippen molar-refractivity contribution in [2.75, 3.05) is 31.7 Å². The second-order valence-corrected chi connectivity index (χ2v) is 4.13. The van der Waals surface area contributed by atoms with Crippen LogP contribution in [0.3, 0.4) is 0 Å². The van der Waals surface area contributed by atoms with Gasteiger partial charge >= 0.3 is 5.97 Å². The second kappa shape index (κ2) is 6.83. The van der Waals surface area contributed by atoms with Crippen LogP contribution in [-0.2, 0) is 4.74 Å². The summed E-state index contributed by atoms with van der Waals surface area (Å²) in [5.74, 6) is -0.371. The van der Waals surface area contributed by atoms with Crippen molar-refractivity contribution in [3.05, 3.63) is 36.0 Å². The molecule has 0 aliphatic rings. The average Bonchev–Trinajstić information content (AvgIpc) is 2.46. The van der Waals surface area contributed by atoms with Crippen LogP contribution in [0.25, 0.3) is 10.8 Å². The summed E-state index contributed by atoms with van der Waals surface area (Å²) < 4.78 is 5.14. The van der Waals surface area contributed by atoms with Gasteiger partial charge in [0.05, 0.1) is 25.4 Å². The Bertz CT molecular complexity index is 601. The summed E-state index contributed by atoms with van der Waals surface area (Å²) in [7, 11) is 0. The fraction of sp³-hybridized carbons (Fsp3) is 0.286. The van der Waals surface area contributed by atoms with Gasteiger partial charge in [-0.15, -0.1) is 0 Å². The van der Waals surface area contributed by atoms with E-state index in [1.807, 2.05) is 12.1 Å². The van der Waals surface area contributed by atoms with E-state index in [1.54, 1.807) is 12.1 Å². The number of aliphatic hydroxyl groups is 1. The van der Waals surface area contributed by atoms with Crippen LogP contribution < -0.4 is 5.32 Å². The Morgan fingerprint density at radius 2 is 2.00 bits per heavy atom. The van der Waals surface area contributed by atoms with Crippen LogP contribution in [0.5, 0.6) is 0 Å². The van der Waals surface area contributed by atoms with Gasteiger partial charge in [-0.25, -0.2) is 9.78 Å². The molecule has 6 heteroatoms. The smallest absolute Gasteiger partial charge is 0.337 e. The van der Waals surface area contributed by atoms with Crippen molar-refractivity contribution >= 4 is 22.6 Å². The standard InChI is InChI=1S/C14H16N2O4/c17-6-8-20-7-5-15-13-11-4-2-1-3-10(11)12(9-16-13)14(18)19/h1-4,9,17H,5-8H2,(H,15,16)(H,18,19). The number of rotatable bonds is 7. The Hall–Kier alpha value is -2.18. The molecule has 1 heterocycles. The molecule has 20 heavy (non-hydrogen) atoms. The van der Waals surface area contributed by atoms with Crippen LogP contribution in [0.4, 0.5) is 5.82 Å². The first kappa shape index (κ1) is 14.2. The van der Waals surface area contributed by atoms with E-state index in [0.717, 1.165) is 5.39 Å². The van der Waals surface area contributed by atoms with Crippen LogP contribution in [-0.4, -0.2) is 47.5 Å². The molecule has 0 amide bonds. The molecular weight excluding hydrogens is 260 g/mol. The monoisotopic (exact) mass is 276 g/mol. The van der Waals surface area contributed by atoms with E-state index in [0.29, 0.717) is 31.0 Å². The maximum absolute atomic E-state index is 11.2. The molecule has 2 aromatic rings. The van der Waals surface area contributed by atoms with Crippen LogP contribution in [0, 0.1) is 0 Å². The summed E-state index contributed by atoms with van der Waals surface area (Å²) in [6.45, 7) is 1.27. The van der Waals surface area contributed by atoms with Crippen molar-refractivity contribution < 1.29 is 19.7 Å². The molecule has 1 aromatic heterocycles. The van der Waals surface area contributed by atoms with Gasteiger partial charge in [0, 0.05) is 23.5 Å². The summed E-state index contributed by atoms with van der Waals surface area (Å²) in [6, 6.07) is 7.21. The minimum absolute atomic E-state index is 0.00547. The highest BCUT2D eigenvalue weighted by molar-refractivity contribution is 6.06. The molecule has 0 saturated heterocycles. The van der Waals surface area contributed by atoms with E-state index in [9.17, 15) is 4.79 Å². The van der Waals surface area contributed by atoms with Gasteiger partial charge in [0.15, 0.2) is 0 Å². The number of carboxylic acid groups (broad SMARTS) is 1. The van der Waals surface area contributed by atoms with E-state index in [4.69, 9.17) is 14.9 Å². The summed E-state index contributed by atoms with van der Waals surface area (Å²) in [6.07, 6.45) is 1.35. The number of aromatic carboxylic acids is 1. The third-order valence-electron chi connectivity index (χ3n) is 2.80. The quantitative estimate of drug-likeness (QED) is 0.661. The highest BCUT2D eigenvalue weighted by atomic mass is 16.5. The number of carboxylic acids is 1. The molecule has 0 spiro atoms. The number of pyridine rings is 1. The van der Waals surface area contributed by atoms with Gasteiger partial charge in [-0.2, -0.15) is 0 Å². The molecule has 106 valence electrons. The number of anilines is 1. The average molecular weight is 276 g/mol. The van der Waals surface area contributed by atoms with E-state index < -0.39 is 5.97 Å². The molecular formula is C14H16N2O4. The fourth-order valence-corrected chi connectivity index (χ4v) is 1.91. The lowest BCUT2D eigenvalue weighted by molar-refractivity contribution is 0.0698. The number of hydrogen-bond donors (Lipinski definition) is 3. The van der Waals surface area contributed by atoms with Gasteiger partial charge in [0.25, 0.3) is 0 Å². The van der Waals surface area contributed by atoms with Crippen molar-refractivity contribution in [3.63, 3.8) is 0 Å². The Labute approximate surface area is 116 Å². The van der Waals surface area contributed by atoms with Crippen molar-refractivity contribution in [1.82, 2.24) is 4.98 Å². The van der Waals surface area contributed by atoms with Gasteiger partial charge in [-0.1, -0.05) is 24.3 Å². The molecule has 0 fully saturated rings. The minimum atomic E-state index is -0.994. The Balaban J connectivity index is 2.18. The number of aliphatic hydroxyl groups excluding tert-OH is 1. The lowest BCUT2D eigenvalue weighted by Gasteiger charge is -2.10. The molecule has 0 bridgehead atoms. The molecule has 0 atom stereocenters. The number of nitrogens with zero attached hydrogens (tertiary/aromatic N) is 1. The first-order chi connectivity index (χ1) is 9.74. The number of nitrogens with one attached hydrogen (secondary N) is 1. The third kappa shape index (κ3) is 3.23. The Morgan fingerprint density at radius 1 is 1.25 bits per heavy atom. The highest BCUT2D eigenvalue weighted by Crippen LogP contribution is 2.24. The first-order valence-electron chi connectivity index (χ1n) is 6.27. The van der Waals surface area contributed by atoms with Crippen molar-refractivity contribution in [2.45, 2.75) is 0 Å². The molecule has 0 aliphatic heterocycles. The zero-order valence-corrected chi connectivity index (χ0v) is 10.9. The minimum Gasteiger partial charge on any atom is -0.478 e. The summed E-state index contributed by atoms with van der Waals surface area (Å²) in [5.41, 5.74) is 0.183. The Morgan fingerprint density at radius 3 is 2.70 bits per heavy atom. The molecule has 3 N–H and O–H groups in total.